The Morgan fingerprint density at radius 2 is 1.69 bits per heavy atom. The van der Waals surface area contributed by atoms with Crippen LogP contribution in [0.4, 0.5) is 4.79 Å². The van der Waals surface area contributed by atoms with Crippen molar-refractivity contribution in [2.45, 2.75) is 31.6 Å². The van der Waals surface area contributed by atoms with E-state index in [-0.39, 0.29) is 11.9 Å². The Morgan fingerprint density at radius 1 is 1.00 bits per heavy atom. The number of ether oxygens (including phenoxy) is 1. The van der Waals surface area contributed by atoms with Gasteiger partial charge in [-0.15, -0.1) is 0 Å². The normalized spacial score (nSPS) is 20.1. The number of amides is 2. The summed E-state index contributed by atoms with van der Waals surface area (Å²) in [5, 5.41) is 8.34. The van der Waals surface area contributed by atoms with Gasteiger partial charge in [0.1, 0.15) is 5.75 Å². The standard InChI is InChI=1S/C23H28N4O2/c1-29-20-13-11-19(12-14-20)22-21(18-9-5-4-6-10-18)17-27(24-22)23(28)25-26-15-7-2-3-8-16-26/h4-6,9-14,21H,2-3,7-8,15-17H2,1H3,(H,25,28). The third-order valence-corrected chi connectivity index (χ3v) is 5.60. The fourth-order valence-corrected chi connectivity index (χ4v) is 3.97. The first-order chi connectivity index (χ1) is 14.2. The van der Waals surface area contributed by atoms with Crippen LogP contribution in [-0.4, -0.2) is 48.5 Å². The van der Waals surface area contributed by atoms with Crippen molar-refractivity contribution >= 4 is 11.7 Å². The molecule has 29 heavy (non-hydrogen) atoms. The molecule has 2 aliphatic heterocycles. The molecule has 1 unspecified atom stereocenters. The topological polar surface area (TPSA) is 57.2 Å². The number of hydrogen-bond acceptors (Lipinski definition) is 4. The summed E-state index contributed by atoms with van der Waals surface area (Å²) in [6.07, 6.45) is 4.69. The Bertz CT molecular complexity index is 843. The molecule has 0 spiro atoms. The first kappa shape index (κ1) is 19.5. The summed E-state index contributed by atoms with van der Waals surface area (Å²) < 4.78 is 5.28. The molecule has 6 nitrogen and oxygen atoms in total. The van der Waals surface area contributed by atoms with Gasteiger partial charge in [-0.25, -0.2) is 14.8 Å². The molecule has 1 N–H and O–H groups in total. The van der Waals surface area contributed by atoms with Gasteiger partial charge in [-0.2, -0.15) is 5.10 Å². The van der Waals surface area contributed by atoms with Crippen LogP contribution < -0.4 is 10.2 Å². The Labute approximate surface area is 172 Å². The minimum Gasteiger partial charge on any atom is -0.497 e. The molecule has 1 fully saturated rings. The van der Waals surface area contributed by atoms with Crippen LogP contribution in [0.2, 0.25) is 0 Å². The van der Waals surface area contributed by atoms with Crippen molar-refractivity contribution in [1.82, 2.24) is 15.4 Å². The molecule has 2 aliphatic rings. The van der Waals surface area contributed by atoms with E-state index in [1.165, 1.54) is 12.8 Å². The second-order valence-electron chi connectivity index (χ2n) is 7.58. The zero-order valence-corrected chi connectivity index (χ0v) is 16.9. The lowest BCUT2D eigenvalue weighted by molar-refractivity contribution is 0.151. The average Bonchev–Trinajstić information content (AvgIpc) is 3.06. The highest BCUT2D eigenvalue weighted by molar-refractivity contribution is 6.07. The highest BCUT2D eigenvalue weighted by Crippen LogP contribution is 2.29. The highest BCUT2D eigenvalue weighted by Gasteiger charge is 2.32. The minimum absolute atomic E-state index is 0.0412. The number of methoxy groups -OCH3 is 1. The highest BCUT2D eigenvalue weighted by atomic mass is 16.5. The van der Waals surface area contributed by atoms with E-state index in [1.807, 2.05) is 47.5 Å². The summed E-state index contributed by atoms with van der Waals surface area (Å²) in [6.45, 7) is 2.33. The molecule has 152 valence electrons. The number of benzene rings is 2. The summed E-state index contributed by atoms with van der Waals surface area (Å²) >= 11 is 0. The maximum Gasteiger partial charge on any atom is 0.352 e. The fourth-order valence-electron chi connectivity index (χ4n) is 3.97. The molecule has 2 amide bonds. The van der Waals surface area contributed by atoms with Gasteiger partial charge in [0.2, 0.25) is 0 Å². The van der Waals surface area contributed by atoms with Crippen LogP contribution in [-0.2, 0) is 0 Å². The van der Waals surface area contributed by atoms with Gasteiger partial charge >= 0.3 is 6.03 Å². The fraction of sp³-hybridized carbons (Fsp3) is 0.391. The molecule has 6 heteroatoms. The number of hydrazone groups is 1. The van der Waals surface area contributed by atoms with Crippen molar-refractivity contribution < 1.29 is 9.53 Å². The van der Waals surface area contributed by atoms with Crippen LogP contribution in [0.1, 0.15) is 42.7 Å². The Balaban J connectivity index is 1.56. The Hall–Kier alpha value is -2.86. The number of nitrogens with one attached hydrogen (secondary N) is 1. The van der Waals surface area contributed by atoms with Crippen molar-refractivity contribution in [1.29, 1.82) is 0 Å². The Kier molecular flexibility index (Phi) is 6.10. The van der Waals surface area contributed by atoms with Crippen LogP contribution in [0.3, 0.4) is 0 Å². The van der Waals surface area contributed by atoms with E-state index in [0.29, 0.717) is 6.54 Å². The van der Waals surface area contributed by atoms with Crippen molar-refractivity contribution in [3.8, 4) is 5.75 Å². The van der Waals surface area contributed by atoms with E-state index in [0.717, 1.165) is 48.5 Å². The molecule has 0 saturated carbocycles. The van der Waals surface area contributed by atoms with Gasteiger partial charge in [-0.05, 0) is 48.2 Å². The minimum atomic E-state index is -0.156. The van der Waals surface area contributed by atoms with Gasteiger partial charge in [0.15, 0.2) is 0 Å². The summed E-state index contributed by atoms with van der Waals surface area (Å²) in [5.74, 6) is 0.846. The molecule has 0 aromatic heterocycles. The zero-order chi connectivity index (χ0) is 20.1. The summed E-state index contributed by atoms with van der Waals surface area (Å²) in [7, 11) is 1.66. The van der Waals surface area contributed by atoms with E-state index >= 15 is 0 Å². The number of urea groups is 1. The van der Waals surface area contributed by atoms with Crippen LogP contribution in [0, 0.1) is 0 Å². The second kappa shape index (κ2) is 9.09. The number of carbonyl (C=O) groups excluding carboxylic acids is 1. The molecular weight excluding hydrogens is 364 g/mol. The molecule has 2 aromatic rings. The van der Waals surface area contributed by atoms with Gasteiger partial charge in [-0.3, -0.25) is 5.43 Å². The SMILES string of the molecule is COc1ccc(C2=NN(C(=O)NN3CCCCCC3)CC2c2ccccc2)cc1. The van der Waals surface area contributed by atoms with E-state index < -0.39 is 0 Å². The lowest BCUT2D eigenvalue weighted by Crippen LogP contribution is -2.47. The van der Waals surface area contributed by atoms with Crippen molar-refractivity contribution in [2.24, 2.45) is 5.10 Å². The maximum absolute atomic E-state index is 12.9. The lowest BCUT2D eigenvalue weighted by Gasteiger charge is -2.23. The molecule has 0 bridgehead atoms. The van der Waals surface area contributed by atoms with Crippen LogP contribution in [0.25, 0.3) is 0 Å². The van der Waals surface area contributed by atoms with Gasteiger partial charge in [0, 0.05) is 19.0 Å². The molecule has 1 atom stereocenters. The maximum atomic E-state index is 12.9. The lowest BCUT2D eigenvalue weighted by atomic mass is 9.90. The summed E-state index contributed by atoms with van der Waals surface area (Å²) in [6, 6.07) is 18.0. The van der Waals surface area contributed by atoms with E-state index in [1.54, 1.807) is 12.1 Å². The number of hydrazine groups is 1. The molecule has 1 saturated heterocycles. The smallest absolute Gasteiger partial charge is 0.352 e. The summed E-state index contributed by atoms with van der Waals surface area (Å²) in [4.78, 5) is 12.9. The van der Waals surface area contributed by atoms with Gasteiger partial charge in [-0.1, -0.05) is 43.2 Å². The van der Waals surface area contributed by atoms with Crippen molar-refractivity contribution in [3.05, 3.63) is 65.7 Å². The van der Waals surface area contributed by atoms with E-state index in [2.05, 4.69) is 17.6 Å². The van der Waals surface area contributed by atoms with E-state index in [9.17, 15) is 4.79 Å². The van der Waals surface area contributed by atoms with Crippen LogP contribution >= 0.6 is 0 Å². The quantitative estimate of drug-likeness (QED) is 0.856. The molecular formula is C23H28N4O2. The molecule has 0 aliphatic carbocycles. The number of nitrogens with zero attached hydrogens (tertiary/aromatic N) is 3. The predicted octanol–water partition coefficient (Wildman–Crippen LogP) is 4.00. The molecule has 2 heterocycles. The zero-order valence-electron chi connectivity index (χ0n) is 16.9. The predicted molar refractivity (Wildman–Crippen MR) is 114 cm³/mol. The third-order valence-electron chi connectivity index (χ3n) is 5.60. The second-order valence-corrected chi connectivity index (χ2v) is 7.58. The first-order valence-electron chi connectivity index (χ1n) is 10.4. The van der Waals surface area contributed by atoms with Gasteiger partial charge in [0.05, 0.1) is 19.4 Å². The van der Waals surface area contributed by atoms with Crippen molar-refractivity contribution in [3.63, 3.8) is 0 Å². The molecule has 4 rings (SSSR count). The van der Waals surface area contributed by atoms with E-state index in [4.69, 9.17) is 9.84 Å². The van der Waals surface area contributed by atoms with Crippen molar-refractivity contribution in [2.75, 3.05) is 26.7 Å². The summed E-state index contributed by atoms with van der Waals surface area (Å²) in [5.41, 5.74) is 6.13. The van der Waals surface area contributed by atoms with Gasteiger partial charge < -0.3 is 4.74 Å². The monoisotopic (exact) mass is 392 g/mol. The number of rotatable bonds is 4. The average molecular weight is 393 g/mol. The van der Waals surface area contributed by atoms with Crippen LogP contribution in [0.15, 0.2) is 59.7 Å². The number of hydrogen-bond donors (Lipinski definition) is 1. The van der Waals surface area contributed by atoms with Gasteiger partial charge in [0.25, 0.3) is 0 Å². The largest absolute Gasteiger partial charge is 0.497 e. The third kappa shape index (κ3) is 4.59. The molecule has 2 aromatic carbocycles. The first-order valence-corrected chi connectivity index (χ1v) is 10.4. The Morgan fingerprint density at radius 3 is 2.34 bits per heavy atom. The number of carbonyl (C=O) groups is 1. The van der Waals surface area contributed by atoms with Crippen LogP contribution in [0.5, 0.6) is 5.75 Å². The molecule has 0 radical (unpaired) electrons.